The lowest BCUT2D eigenvalue weighted by Gasteiger charge is -2.18. The molecule has 2 aromatic heterocycles. The molecule has 0 aliphatic rings. The smallest absolute Gasteiger partial charge is 0.305 e. The minimum atomic E-state index is -3.67. The van der Waals surface area contributed by atoms with E-state index in [0.29, 0.717) is 12.1 Å². The lowest BCUT2D eigenvalue weighted by Crippen LogP contribution is -2.26. The van der Waals surface area contributed by atoms with Crippen molar-refractivity contribution in [1.29, 1.82) is 0 Å². The third-order valence-electron chi connectivity index (χ3n) is 4.02. The molecule has 3 N–H and O–H groups in total. The van der Waals surface area contributed by atoms with Crippen molar-refractivity contribution in [2.24, 2.45) is 0 Å². The van der Waals surface area contributed by atoms with E-state index in [1.807, 2.05) is 0 Å². The van der Waals surface area contributed by atoms with Gasteiger partial charge in [-0.05, 0) is 35.6 Å². The molecule has 0 radical (unpaired) electrons. The number of aromatic nitrogens is 3. The van der Waals surface area contributed by atoms with Crippen LogP contribution in [0.5, 0.6) is 5.75 Å². The Morgan fingerprint density at radius 3 is 2.64 bits per heavy atom. The highest BCUT2D eigenvalue weighted by Crippen LogP contribution is 2.21. The van der Waals surface area contributed by atoms with Crippen LogP contribution in [0.3, 0.4) is 0 Å². The molecule has 11 heteroatoms. The van der Waals surface area contributed by atoms with Crippen LogP contribution in [0, 0.1) is 0 Å². The molecule has 0 fully saturated rings. The van der Waals surface area contributed by atoms with E-state index in [9.17, 15) is 23.4 Å². The lowest BCUT2D eigenvalue weighted by atomic mass is 10.0. The van der Waals surface area contributed by atoms with Crippen molar-refractivity contribution in [2.45, 2.75) is 29.6 Å². The van der Waals surface area contributed by atoms with Crippen molar-refractivity contribution in [3.05, 3.63) is 59.2 Å². The van der Waals surface area contributed by atoms with Crippen LogP contribution in [0.25, 0.3) is 0 Å². The number of aromatic hydroxyl groups is 1. The lowest BCUT2D eigenvalue weighted by molar-refractivity contribution is -0.138. The number of phenols is 1. The van der Waals surface area contributed by atoms with Crippen molar-refractivity contribution < 1.29 is 23.4 Å². The van der Waals surface area contributed by atoms with Crippen LogP contribution < -0.4 is 4.72 Å². The molecule has 3 rings (SSSR count). The number of aliphatic carboxylic acids is 1. The summed E-state index contributed by atoms with van der Waals surface area (Å²) in [5.74, 6) is -0.896. The summed E-state index contributed by atoms with van der Waals surface area (Å²) in [5.41, 5.74) is 1.26. The first-order chi connectivity index (χ1) is 13.3. The third kappa shape index (κ3) is 4.94. The molecule has 148 valence electrons. The number of benzene rings is 1. The zero-order valence-electron chi connectivity index (χ0n) is 14.6. The number of nitrogens with zero attached hydrogens (tertiary/aromatic N) is 3. The van der Waals surface area contributed by atoms with Crippen molar-refractivity contribution in [3.63, 3.8) is 0 Å². The van der Waals surface area contributed by atoms with Crippen molar-refractivity contribution >= 4 is 27.3 Å². The number of nitrogens with one attached hydrogen (secondary N) is 1. The number of carboxylic acids is 1. The molecule has 0 saturated heterocycles. The fraction of sp³-hybridized carbons (Fsp3) is 0.235. The molecule has 9 nitrogen and oxygen atoms in total. The highest BCUT2D eigenvalue weighted by Gasteiger charge is 2.22. The number of carboxylic acid groups (broad SMARTS) is 1. The molecule has 0 bridgehead atoms. The zero-order valence-corrected chi connectivity index (χ0v) is 16.2. The number of sulfonamides is 1. The fourth-order valence-corrected chi connectivity index (χ4v) is 4.74. The Kier molecular flexibility index (Phi) is 6.07. The van der Waals surface area contributed by atoms with Crippen molar-refractivity contribution in [2.75, 3.05) is 0 Å². The van der Waals surface area contributed by atoms with Gasteiger partial charge in [-0.3, -0.25) is 4.79 Å². The van der Waals surface area contributed by atoms with Crippen LogP contribution in [0.1, 0.15) is 23.7 Å². The van der Waals surface area contributed by atoms with Gasteiger partial charge in [-0.2, -0.15) is 0 Å². The summed E-state index contributed by atoms with van der Waals surface area (Å²) in [6, 6.07) is 9.01. The predicted octanol–water partition coefficient (Wildman–Crippen LogP) is 1.78. The average Bonchev–Trinajstić information content (AvgIpc) is 3.33. The van der Waals surface area contributed by atoms with Gasteiger partial charge < -0.3 is 10.2 Å². The number of rotatable bonds is 9. The van der Waals surface area contributed by atoms with E-state index in [1.54, 1.807) is 23.6 Å². The van der Waals surface area contributed by atoms with Gasteiger partial charge >= 0.3 is 5.97 Å². The highest BCUT2D eigenvalue weighted by atomic mass is 32.2. The van der Waals surface area contributed by atoms with E-state index in [0.717, 1.165) is 16.9 Å². The second kappa shape index (κ2) is 8.50. The quantitative estimate of drug-likeness (QED) is 0.478. The summed E-state index contributed by atoms with van der Waals surface area (Å²) in [6.07, 6.45) is 1.53. The standard InChI is InChI=1S/C17H18N4O5S2/c22-15-5-3-12(4-6-15)8-13(9-16(23)24)21-14(10-18-20-21)11-19-28(25,26)17-2-1-7-27-17/h1-7,10,13,19,22H,8-9,11H2,(H,23,24)/t13-/m0/s1. The van der Waals surface area contributed by atoms with Crippen LogP contribution in [-0.4, -0.2) is 39.6 Å². The molecular formula is C17H18N4O5S2. The Balaban J connectivity index is 1.79. The van der Waals surface area contributed by atoms with E-state index in [4.69, 9.17) is 0 Å². The minimum Gasteiger partial charge on any atom is -0.508 e. The Morgan fingerprint density at radius 1 is 1.25 bits per heavy atom. The van der Waals surface area contributed by atoms with E-state index >= 15 is 0 Å². The van der Waals surface area contributed by atoms with E-state index < -0.39 is 22.0 Å². The van der Waals surface area contributed by atoms with Crippen molar-refractivity contribution in [1.82, 2.24) is 19.7 Å². The summed E-state index contributed by atoms with van der Waals surface area (Å²) in [7, 11) is -3.67. The van der Waals surface area contributed by atoms with Gasteiger partial charge in [-0.15, -0.1) is 16.4 Å². The van der Waals surface area contributed by atoms with E-state index in [-0.39, 0.29) is 22.9 Å². The number of hydrogen-bond donors (Lipinski definition) is 3. The summed E-state index contributed by atoms with van der Waals surface area (Å²) < 4.78 is 28.7. The van der Waals surface area contributed by atoms with E-state index in [2.05, 4.69) is 15.0 Å². The second-order valence-electron chi connectivity index (χ2n) is 6.05. The van der Waals surface area contributed by atoms with Gasteiger partial charge in [0.2, 0.25) is 10.0 Å². The first kappa shape index (κ1) is 20.0. The third-order valence-corrected chi connectivity index (χ3v) is 6.81. The van der Waals surface area contributed by atoms with Gasteiger partial charge in [0.25, 0.3) is 0 Å². The van der Waals surface area contributed by atoms with Crippen LogP contribution in [0.2, 0.25) is 0 Å². The predicted molar refractivity (Wildman–Crippen MR) is 101 cm³/mol. The first-order valence-corrected chi connectivity index (χ1v) is 10.6. The average molecular weight is 422 g/mol. The highest BCUT2D eigenvalue weighted by molar-refractivity contribution is 7.91. The number of phenolic OH excluding ortho intramolecular Hbond substituents is 1. The molecule has 2 heterocycles. The maximum atomic E-state index is 12.3. The fourth-order valence-electron chi connectivity index (χ4n) is 2.71. The number of hydrogen-bond acceptors (Lipinski definition) is 7. The molecule has 1 atom stereocenters. The zero-order chi connectivity index (χ0) is 20.1. The number of carbonyl (C=O) groups is 1. The minimum absolute atomic E-state index is 0.0705. The maximum Gasteiger partial charge on any atom is 0.305 e. The molecule has 3 aromatic rings. The summed E-state index contributed by atoms with van der Waals surface area (Å²) >= 11 is 1.10. The maximum absolute atomic E-state index is 12.3. The molecular weight excluding hydrogens is 404 g/mol. The van der Waals surface area contributed by atoms with Gasteiger partial charge in [0.1, 0.15) is 9.96 Å². The molecule has 0 spiro atoms. The summed E-state index contributed by atoms with van der Waals surface area (Å²) in [5, 5.41) is 28.1. The largest absolute Gasteiger partial charge is 0.508 e. The van der Waals surface area contributed by atoms with Crippen LogP contribution >= 0.6 is 11.3 Å². The summed E-state index contributed by atoms with van der Waals surface area (Å²) in [4.78, 5) is 11.3. The molecule has 0 aliphatic heterocycles. The van der Waals surface area contributed by atoms with Crippen LogP contribution in [0.4, 0.5) is 0 Å². The molecule has 1 aromatic carbocycles. The number of thiophene rings is 1. The van der Waals surface area contributed by atoms with Gasteiger partial charge in [0.15, 0.2) is 0 Å². The Morgan fingerprint density at radius 2 is 2.00 bits per heavy atom. The normalized spacial score (nSPS) is 12.7. The van der Waals surface area contributed by atoms with E-state index in [1.165, 1.54) is 29.1 Å². The van der Waals surface area contributed by atoms with Gasteiger partial charge in [-0.1, -0.05) is 23.4 Å². The van der Waals surface area contributed by atoms with Gasteiger partial charge in [0, 0.05) is 0 Å². The van der Waals surface area contributed by atoms with Crippen LogP contribution in [0.15, 0.2) is 52.2 Å². The van der Waals surface area contributed by atoms with Gasteiger partial charge in [0.05, 0.1) is 30.9 Å². The monoisotopic (exact) mass is 422 g/mol. The molecule has 0 aliphatic carbocycles. The first-order valence-electron chi connectivity index (χ1n) is 8.27. The van der Waals surface area contributed by atoms with Gasteiger partial charge in [-0.25, -0.2) is 17.8 Å². The second-order valence-corrected chi connectivity index (χ2v) is 8.99. The Hall–Kier alpha value is -2.76. The molecule has 0 unspecified atom stereocenters. The SMILES string of the molecule is O=C(O)C[C@H](Cc1ccc(O)cc1)n1nncc1CNS(=O)(=O)c1cccs1. The van der Waals surface area contributed by atoms with Crippen molar-refractivity contribution in [3.8, 4) is 5.75 Å². The molecule has 0 saturated carbocycles. The topological polar surface area (TPSA) is 134 Å². The Labute approximate surface area is 165 Å². The van der Waals surface area contributed by atoms with Crippen LogP contribution in [-0.2, 0) is 27.8 Å². The molecule has 28 heavy (non-hydrogen) atoms. The summed E-state index contributed by atoms with van der Waals surface area (Å²) in [6.45, 7) is -0.0705. The Bertz CT molecular complexity index is 1030. The molecule has 0 amide bonds.